The van der Waals surface area contributed by atoms with E-state index in [1.165, 1.54) is 0 Å². The normalized spacial score (nSPS) is 15.3. The number of anilines is 1. The van der Waals surface area contributed by atoms with E-state index in [0.717, 1.165) is 29.9 Å². The molecule has 10 heteroatoms. The fourth-order valence-corrected chi connectivity index (χ4v) is 3.15. The third kappa shape index (κ3) is 3.32. The van der Waals surface area contributed by atoms with E-state index in [9.17, 15) is 9.90 Å². The Morgan fingerprint density at radius 2 is 2.10 bits per heavy atom. The van der Waals surface area contributed by atoms with Gasteiger partial charge in [0.05, 0.1) is 17.9 Å². The number of pyridine rings is 1. The Hall–Kier alpha value is -3.95. The molecule has 0 aromatic carbocycles. The van der Waals surface area contributed by atoms with Crippen molar-refractivity contribution in [3.05, 3.63) is 57.5 Å². The molecule has 0 aliphatic heterocycles. The van der Waals surface area contributed by atoms with Crippen LogP contribution in [0.15, 0.2) is 40.4 Å². The van der Waals surface area contributed by atoms with E-state index in [-0.39, 0.29) is 11.6 Å². The van der Waals surface area contributed by atoms with Crippen LogP contribution in [0.1, 0.15) is 18.5 Å². The summed E-state index contributed by atoms with van der Waals surface area (Å²) in [6.45, 7) is 0. The van der Waals surface area contributed by atoms with E-state index in [1.54, 1.807) is 23.0 Å². The summed E-state index contributed by atoms with van der Waals surface area (Å²) in [6.07, 6.45) is 7.18. The lowest BCUT2D eigenvalue weighted by Gasteiger charge is -2.11. The van der Waals surface area contributed by atoms with Crippen LogP contribution in [0.4, 0.5) is 5.82 Å². The number of hydrogen-bond acceptors (Lipinski definition) is 7. The monoisotopic (exact) mass is 404 g/mol. The SMILES string of the molecule is CN(C)c1ccc(-c2cc(=NC3CC3)n3nc/c(=C\c4[nH]c(=O)[nH]c4O)c3n2)cn1. The lowest BCUT2D eigenvalue weighted by Crippen LogP contribution is -2.19. The van der Waals surface area contributed by atoms with Gasteiger partial charge in [0.1, 0.15) is 11.5 Å². The van der Waals surface area contributed by atoms with Gasteiger partial charge in [0, 0.05) is 37.1 Å². The summed E-state index contributed by atoms with van der Waals surface area (Å²) in [4.78, 5) is 32.3. The first-order valence-electron chi connectivity index (χ1n) is 9.57. The minimum Gasteiger partial charge on any atom is -0.493 e. The molecule has 0 atom stereocenters. The second-order valence-electron chi connectivity index (χ2n) is 7.48. The zero-order valence-corrected chi connectivity index (χ0v) is 16.5. The Morgan fingerprint density at radius 1 is 1.27 bits per heavy atom. The molecule has 4 aromatic heterocycles. The second-order valence-corrected chi connectivity index (χ2v) is 7.48. The highest BCUT2D eigenvalue weighted by Crippen LogP contribution is 2.23. The van der Waals surface area contributed by atoms with Crippen LogP contribution >= 0.6 is 0 Å². The number of aromatic amines is 2. The largest absolute Gasteiger partial charge is 0.493 e. The van der Waals surface area contributed by atoms with Gasteiger partial charge in [0.2, 0.25) is 5.88 Å². The van der Waals surface area contributed by atoms with E-state index in [2.05, 4.69) is 20.1 Å². The smallest absolute Gasteiger partial charge is 0.326 e. The van der Waals surface area contributed by atoms with Gasteiger partial charge in [0.15, 0.2) is 11.1 Å². The number of nitrogens with zero attached hydrogens (tertiary/aromatic N) is 6. The highest BCUT2D eigenvalue weighted by Gasteiger charge is 2.20. The molecule has 5 rings (SSSR count). The third-order valence-corrected chi connectivity index (χ3v) is 4.88. The molecule has 0 saturated heterocycles. The van der Waals surface area contributed by atoms with Gasteiger partial charge in [-0.1, -0.05) is 0 Å². The number of aromatic nitrogens is 6. The lowest BCUT2D eigenvalue weighted by molar-refractivity contribution is 0.454. The van der Waals surface area contributed by atoms with Gasteiger partial charge in [-0.25, -0.2) is 14.8 Å². The van der Waals surface area contributed by atoms with E-state index in [0.29, 0.717) is 22.4 Å². The maximum absolute atomic E-state index is 11.4. The van der Waals surface area contributed by atoms with Crippen LogP contribution in [0.5, 0.6) is 5.88 Å². The quantitative estimate of drug-likeness (QED) is 0.446. The molecule has 4 heterocycles. The molecular weight excluding hydrogens is 384 g/mol. The maximum atomic E-state index is 11.4. The van der Waals surface area contributed by atoms with Crippen LogP contribution in [-0.4, -0.2) is 54.8 Å². The van der Waals surface area contributed by atoms with Crippen molar-refractivity contribution in [2.75, 3.05) is 19.0 Å². The molecule has 152 valence electrons. The summed E-state index contributed by atoms with van der Waals surface area (Å²) < 4.78 is 1.68. The minimum atomic E-state index is -0.486. The Labute approximate surface area is 170 Å². The molecular formula is C20H20N8O2. The van der Waals surface area contributed by atoms with Crippen LogP contribution in [0.3, 0.4) is 0 Å². The van der Waals surface area contributed by atoms with Gasteiger partial charge in [0.25, 0.3) is 0 Å². The fourth-order valence-electron chi connectivity index (χ4n) is 3.15. The number of rotatable bonds is 4. The van der Waals surface area contributed by atoms with Gasteiger partial charge in [-0.2, -0.15) is 9.61 Å². The Kier molecular flexibility index (Phi) is 4.12. The number of nitrogens with one attached hydrogen (secondary N) is 2. The van der Waals surface area contributed by atoms with Crippen LogP contribution < -0.4 is 21.3 Å². The molecule has 1 aliphatic carbocycles. The second kappa shape index (κ2) is 6.83. The number of aromatic hydroxyl groups is 1. The van der Waals surface area contributed by atoms with Crippen molar-refractivity contribution in [2.45, 2.75) is 18.9 Å². The van der Waals surface area contributed by atoms with Gasteiger partial charge >= 0.3 is 5.69 Å². The third-order valence-electron chi connectivity index (χ3n) is 4.88. The average molecular weight is 404 g/mol. The molecule has 3 N–H and O–H groups in total. The Bertz CT molecular complexity index is 1410. The molecule has 0 unspecified atom stereocenters. The zero-order valence-electron chi connectivity index (χ0n) is 16.5. The van der Waals surface area contributed by atoms with Crippen molar-refractivity contribution in [3.63, 3.8) is 0 Å². The molecule has 0 spiro atoms. The predicted molar refractivity (Wildman–Crippen MR) is 111 cm³/mol. The summed E-state index contributed by atoms with van der Waals surface area (Å²) in [5.74, 6) is 0.620. The van der Waals surface area contributed by atoms with E-state index in [4.69, 9.17) is 9.98 Å². The molecule has 10 nitrogen and oxygen atoms in total. The first-order valence-corrected chi connectivity index (χ1v) is 9.57. The predicted octanol–water partition coefficient (Wildman–Crippen LogP) is 0.190. The molecule has 0 amide bonds. The number of hydrogen-bond donors (Lipinski definition) is 3. The lowest BCUT2D eigenvalue weighted by atomic mass is 10.2. The number of H-pyrrole nitrogens is 2. The van der Waals surface area contributed by atoms with E-state index < -0.39 is 5.69 Å². The van der Waals surface area contributed by atoms with Crippen molar-refractivity contribution < 1.29 is 5.11 Å². The molecule has 1 aliphatic rings. The van der Waals surface area contributed by atoms with Crippen LogP contribution in [0.25, 0.3) is 23.0 Å². The highest BCUT2D eigenvalue weighted by molar-refractivity contribution is 5.64. The van der Waals surface area contributed by atoms with Gasteiger partial charge in [-0.3, -0.25) is 9.98 Å². The van der Waals surface area contributed by atoms with Crippen LogP contribution in [-0.2, 0) is 0 Å². The Morgan fingerprint density at radius 3 is 2.73 bits per heavy atom. The topological polar surface area (TPSA) is 128 Å². The first-order chi connectivity index (χ1) is 14.5. The minimum absolute atomic E-state index is 0.234. The summed E-state index contributed by atoms with van der Waals surface area (Å²) in [5, 5.41) is 15.0. The van der Waals surface area contributed by atoms with Crippen molar-refractivity contribution in [3.8, 4) is 17.1 Å². The molecule has 1 saturated carbocycles. The number of fused-ring (bicyclic) bond motifs is 1. The summed E-state index contributed by atoms with van der Waals surface area (Å²) >= 11 is 0. The molecule has 4 aromatic rings. The molecule has 0 radical (unpaired) electrons. The summed E-state index contributed by atoms with van der Waals surface area (Å²) in [6, 6.07) is 6.12. The highest BCUT2D eigenvalue weighted by atomic mass is 16.3. The summed E-state index contributed by atoms with van der Waals surface area (Å²) in [7, 11) is 3.88. The molecule has 0 bridgehead atoms. The van der Waals surface area contributed by atoms with Crippen molar-refractivity contribution >= 4 is 17.5 Å². The van der Waals surface area contributed by atoms with Crippen LogP contribution in [0, 0.1) is 0 Å². The fraction of sp³-hybridized carbons (Fsp3) is 0.250. The Balaban J connectivity index is 1.72. The van der Waals surface area contributed by atoms with Gasteiger partial charge in [-0.05, 0) is 31.1 Å². The van der Waals surface area contributed by atoms with Gasteiger partial charge < -0.3 is 15.0 Å². The van der Waals surface area contributed by atoms with Gasteiger partial charge in [-0.15, -0.1) is 0 Å². The maximum Gasteiger partial charge on any atom is 0.326 e. The molecule has 1 fully saturated rings. The van der Waals surface area contributed by atoms with Crippen molar-refractivity contribution in [1.29, 1.82) is 0 Å². The summed E-state index contributed by atoms with van der Waals surface area (Å²) in [5.41, 5.74) is 2.65. The van der Waals surface area contributed by atoms with Crippen LogP contribution in [0.2, 0.25) is 0 Å². The first kappa shape index (κ1) is 18.1. The van der Waals surface area contributed by atoms with E-state index in [1.807, 2.05) is 37.2 Å². The average Bonchev–Trinajstić information content (AvgIpc) is 3.36. The van der Waals surface area contributed by atoms with Crippen molar-refractivity contribution in [2.24, 2.45) is 4.99 Å². The number of imidazole rings is 1. The van der Waals surface area contributed by atoms with Crippen molar-refractivity contribution in [1.82, 2.24) is 29.5 Å². The zero-order chi connectivity index (χ0) is 20.8. The standard InChI is InChI=1S/C20H20N8O2/c1-27(2)16-6-3-11(9-21-16)14-8-17(23-13-4-5-13)28-18(24-14)12(10-22-28)7-15-19(29)26-20(30)25-15/h3,6-10,13,29H,4-5H2,1-2H3,(H2,25,26,30)/b12-7+,23-17?. The molecule has 30 heavy (non-hydrogen) atoms. The van der Waals surface area contributed by atoms with E-state index >= 15 is 0 Å².